The molecule has 3 nitrogen and oxygen atoms in total. The minimum absolute atomic E-state index is 0.259. The highest BCUT2D eigenvalue weighted by Gasteiger charge is 2.23. The van der Waals surface area contributed by atoms with Crippen LogP contribution in [0.5, 0.6) is 5.75 Å². The van der Waals surface area contributed by atoms with Crippen molar-refractivity contribution in [2.45, 2.75) is 12.8 Å². The number of hydrogen-bond donors (Lipinski definition) is 0. The number of nitrogens with zero attached hydrogens (tertiary/aromatic N) is 1. The van der Waals surface area contributed by atoms with Crippen molar-refractivity contribution in [2.75, 3.05) is 7.11 Å². The first-order valence-electron chi connectivity index (χ1n) is 6.40. The maximum atomic E-state index is 12.6. The first-order chi connectivity index (χ1) is 10.1. The Morgan fingerprint density at radius 1 is 1.29 bits per heavy atom. The van der Waals surface area contributed by atoms with Gasteiger partial charge in [-0.2, -0.15) is 5.26 Å². The van der Waals surface area contributed by atoms with Crippen LogP contribution in [0.25, 0.3) is 0 Å². The Morgan fingerprint density at radius 2 is 2.05 bits per heavy atom. The zero-order valence-electron chi connectivity index (χ0n) is 11.8. The van der Waals surface area contributed by atoms with Gasteiger partial charge in [0.1, 0.15) is 11.7 Å². The van der Waals surface area contributed by atoms with E-state index in [2.05, 4.69) is 6.07 Å². The lowest BCUT2D eigenvalue weighted by Crippen LogP contribution is -2.12. The molecule has 0 amide bonds. The van der Waals surface area contributed by atoms with Crippen molar-refractivity contribution in [2.24, 2.45) is 0 Å². The molecular weight excluding hydrogens is 286 g/mol. The zero-order chi connectivity index (χ0) is 15.4. The smallest absolute Gasteiger partial charge is 0.184 e. The summed E-state index contributed by atoms with van der Waals surface area (Å²) in [5.41, 5.74) is 1.88. The number of ether oxygens (including phenoxy) is 1. The van der Waals surface area contributed by atoms with E-state index in [1.54, 1.807) is 49.6 Å². The van der Waals surface area contributed by atoms with Crippen LogP contribution >= 0.6 is 11.6 Å². The highest BCUT2D eigenvalue weighted by Crippen LogP contribution is 2.26. The van der Waals surface area contributed by atoms with Crippen LogP contribution in [0, 0.1) is 18.3 Å². The quantitative estimate of drug-likeness (QED) is 0.797. The Labute approximate surface area is 128 Å². The molecule has 4 heteroatoms. The molecule has 2 aromatic rings. The lowest BCUT2D eigenvalue weighted by atomic mass is 9.90. The van der Waals surface area contributed by atoms with E-state index in [9.17, 15) is 10.1 Å². The van der Waals surface area contributed by atoms with Crippen LogP contribution in [0.3, 0.4) is 0 Å². The van der Waals surface area contributed by atoms with Crippen molar-refractivity contribution in [3.05, 3.63) is 64.2 Å². The lowest BCUT2D eigenvalue weighted by molar-refractivity contribution is 0.0978. The van der Waals surface area contributed by atoms with Gasteiger partial charge in [-0.15, -0.1) is 0 Å². The number of carbonyl (C=O) groups excluding carboxylic acids is 1. The average molecular weight is 300 g/mol. The minimum atomic E-state index is -0.878. The van der Waals surface area contributed by atoms with Crippen LogP contribution < -0.4 is 4.74 Å². The van der Waals surface area contributed by atoms with E-state index in [1.165, 1.54) is 0 Å². The van der Waals surface area contributed by atoms with Gasteiger partial charge < -0.3 is 4.74 Å². The molecule has 0 N–H and O–H groups in total. The van der Waals surface area contributed by atoms with E-state index in [0.717, 1.165) is 5.56 Å². The zero-order valence-corrected chi connectivity index (χ0v) is 12.5. The molecule has 0 bridgehead atoms. The summed E-state index contributed by atoms with van der Waals surface area (Å²) < 4.78 is 5.14. The molecule has 0 aromatic heterocycles. The number of methoxy groups -OCH3 is 1. The third-order valence-electron chi connectivity index (χ3n) is 3.28. The van der Waals surface area contributed by atoms with Crippen molar-refractivity contribution >= 4 is 17.4 Å². The van der Waals surface area contributed by atoms with Crippen LogP contribution in [0.1, 0.15) is 27.4 Å². The van der Waals surface area contributed by atoms with Crippen molar-refractivity contribution in [3.8, 4) is 11.8 Å². The van der Waals surface area contributed by atoms with Gasteiger partial charge in [0, 0.05) is 10.6 Å². The second-order valence-corrected chi connectivity index (χ2v) is 5.10. The molecule has 0 aliphatic rings. The van der Waals surface area contributed by atoms with Crippen LogP contribution in [0.15, 0.2) is 42.5 Å². The summed E-state index contributed by atoms with van der Waals surface area (Å²) in [6.07, 6.45) is 0. The van der Waals surface area contributed by atoms with E-state index in [4.69, 9.17) is 16.3 Å². The predicted molar refractivity (Wildman–Crippen MR) is 81.9 cm³/mol. The number of carbonyl (C=O) groups is 1. The number of rotatable bonds is 4. The summed E-state index contributed by atoms with van der Waals surface area (Å²) in [6, 6.07) is 14.1. The Kier molecular flexibility index (Phi) is 4.62. The molecule has 106 valence electrons. The molecule has 0 aliphatic carbocycles. The van der Waals surface area contributed by atoms with Crippen molar-refractivity contribution in [3.63, 3.8) is 0 Å². The Bertz CT molecular complexity index is 719. The molecule has 0 radical (unpaired) electrons. The number of aryl methyl sites for hydroxylation is 1. The molecule has 1 unspecified atom stereocenters. The van der Waals surface area contributed by atoms with Crippen LogP contribution in [0.4, 0.5) is 0 Å². The topological polar surface area (TPSA) is 50.1 Å². The number of ketones is 1. The molecule has 0 aliphatic heterocycles. The standard InChI is InChI=1S/C17H14ClNO2/c1-11-6-7-13(18)9-15(11)17(20)16(10-19)12-4-3-5-14(8-12)21-2/h3-9,16H,1-2H3. The van der Waals surface area contributed by atoms with Crippen LogP contribution in [-0.4, -0.2) is 12.9 Å². The normalized spacial score (nSPS) is 11.5. The van der Waals surface area contributed by atoms with Crippen LogP contribution in [-0.2, 0) is 0 Å². The fraction of sp³-hybridized carbons (Fsp3) is 0.176. The molecule has 2 aromatic carbocycles. The summed E-state index contributed by atoms with van der Waals surface area (Å²) in [7, 11) is 1.55. The van der Waals surface area contributed by atoms with Crippen molar-refractivity contribution < 1.29 is 9.53 Å². The highest BCUT2D eigenvalue weighted by molar-refractivity contribution is 6.31. The molecular formula is C17H14ClNO2. The van der Waals surface area contributed by atoms with Gasteiger partial charge >= 0.3 is 0 Å². The maximum absolute atomic E-state index is 12.6. The summed E-state index contributed by atoms with van der Waals surface area (Å²) in [5.74, 6) is -0.522. The Hall–Kier alpha value is -2.31. The summed E-state index contributed by atoms with van der Waals surface area (Å²) >= 11 is 5.95. The number of benzene rings is 2. The fourth-order valence-corrected chi connectivity index (χ4v) is 2.29. The molecule has 0 spiro atoms. The van der Waals surface area contributed by atoms with E-state index < -0.39 is 5.92 Å². The number of nitriles is 1. The number of halogens is 1. The molecule has 0 saturated heterocycles. The van der Waals surface area contributed by atoms with Gasteiger partial charge in [-0.1, -0.05) is 29.8 Å². The monoisotopic (exact) mass is 299 g/mol. The van der Waals surface area contributed by atoms with E-state index in [1.807, 2.05) is 6.92 Å². The molecule has 0 fully saturated rings. The molecule has 21 heavy (non-hydrogen) atoms. The highest BCUT2D eigenvalue weighted by atomic mass is 35.5. The van der Waals surface area contributed by atoms with E-state index in [0.29, 0.717) is 21.9 Å². The van der Waals surface area contributed by atoms with E-state index >= 15 is 0 Å². The molecule has 2 rings (SSSR count). The second-order valence-electron chi connectivity index (χ2n) is 4.66. The average Bonchev–Trinajstić information content (AvgIpc) is 2.50. The van der Waals surface area contributed by atoms with Crippen molar-refractivity contribution in [1.29, 1.82) is 5.26 Å². The number of hydrogen-bond acceptors (Lipinski definition) is 3. The lowest BCUT2D eigenvalue weighted by Gasteiger charge is -2.12. The fourth-order valence-electron chi connectivity index (χ4n) is 2.12. The first kappa shape index (κ1) is 15.1. The van der Waals surface area contributed by atoms with Gasteiger partial charge in [0.2, 0.25) is 0 Å². The minimum Gasteiger partial charge on any atom is -0.497 e. The Balaban J connectivity index is 2.43. The van der Waals surface area contributed by atoms with Gasteiger partial charge in [0.15, 0.2) is 5.78 Å². The predicted octanol–water partition coefficient (Wildman–Crippen LogP) is 4.15. The van der Waals surface area contributed by atoms with Gasteiger partial charge in [-0.3, -0.25) is 4.79 Å². The summed E-state index contributed by atoms with van der Waals surface area (Å²) in [6.45, 7) is 1.82. The summed E-state index contributed by atoms with van der Waals surface area (Å²) in [5, 5.41) is 9.87. The molecule has 0 saturated carbocycles. The summed E-state index contributed by atoms with van der Waals surface area (Å²) in [4.78, 5) is 12.6. The largest absolute Gasteiger partial charge is 0.497 e. The third kappa shape index (κ3) is 3.24. The first-order valence-corrected chi connectivity index (χ1v) is 6.78. The molecule has 1 atom stereocenters. The van der Waals surface area contributed by atoms with Gasteiger partial charge in [-0.25, -0.2) is 0 Å². The molecule has 0 heterocycles. The van der Waals surface area contributed by atoms with E-state index in [-0.39, 0.29) is 5.78 Å². The van der Waals surface area contributed by atoms with Gasteiger partial charge in [0.25, 0.3) is 0 Å². The van der Waals surface area contributed by atoms with Crippen LogP contribution in [0.2, 0.25) is 5.02 Å². The van der Waals surface area contributed by atoms with Gasteiger partial charge in [0.05, 0.1) is 13.2 Å². The van der Waals surface area contributed by atoms with Gasteiger partial charge in [-0.05, 0) is 42.3 Å². The second kappa shape index (κ2) is 6.43. The third-order valence-corrected chi connectivity index (χ3v) is 3.52. The SMILES string of the molecule is COc1cccc(C(C#N)C(=O)c2cc(Cl)ccc2C)c1. The maximum Gasteiger partial charge on any atom is 0.184 e. The Morgan fingerprint density at radius 3 is 2.71 bits per heavy atom. The number of Topliss-reactive ketones (excluding diaryl/α,β-unsaturated/α-hetero) is 1. The van der Waals surface area contributed by atoms with Crippen molar-refractivity contribution in [1.82, 2.24) is 0 Å².